The lowest BCUT2D eigenvalue weighted by Crippen LogP contribution is -2.40. The average molecular weight is 225 g/mol. The average Bonchev–Trinajstić information content (AvgIpc) is 2.82. The number of hydrogen-bond acceptors (Lipinski definition) is 2. The maximum atomic E-state index is 6.15. The molecule has 1 radical (unpaired) electrons. The zero-order valence-corrected chi connectivity index (χ0v) is 10.1. The van der Waals surface area contributed by atoms with Crippen molar-refractivity contribution in [2.75, 3.05) is 11.4 Å². The lowest BCUT2D eigenvalue weighted by molar-refractivity contribution is 0.701. The predicted octanol–water partition coefficient (Wildman–Crippen LogP) is 2.71. The van der Waals surface area contributed by atoms with Crippen molar-refractivity contribution in [1.82, 2.24) is 0 Å². The summed E-state index contributed by atoms with van der Waals surface area (Å²) in [5.41, 5.74) is 8.90. The number of hydrogen-bond donors (Lipinski definition) is 1. The third kappa shape index (κ3) is 1.60. The van der Waals surface area contributed by atoms with Crippen LogP contribution in [0, 0.1) is 6.42 Å². The maximum absolute atomic E-state index is 6.15. The third-order valence-electron chi connectivity index (χ3n) is 3.59. The molecule has 0 amide bonds. The lowest BCUT2D eigenvalue weighted by atomic mass is 10.0. The van der Waals surface area contributed by atoms with Gasteiger partial charge in [0.2, 0.25) is 0 Å². The van der Waals surface area contributed by atoms with Crippen molar-refractivity contribution in [3.8, 4) is 0 Å². The van der Waals surface area contributed by atoms with Crippen molar-refractivity contribution in [1.29, 1.82) is 0 Å². The summed E-state index contributed by atoms with van der Waals surface area (Å²) in [6.07, 6.45) is 3.17. The number of rotatable bonds is 2. The minimum atomic E-state index is 0.0158. The van der Waals surface area contributed by atoms with Gasteiger partial charge in [-0.2, -0.15) is 0 Å². The molecule has 0 bridgehead atoms. The summed E-state index contributed by atoms with van der Waals surface area (Å²) in [6, 6.07) is 13.0. The van der Waals surface area contributed by atoms with E-state index in [2.05, 4.69) is 47.7 Å². The number of nitrogens with zero attached hydrogens (tertiary/aromatic N) is 1. The Bertz CT molecular complexity index is 548. The van der Waals surface area contributed by atoms with Gasteiger partial charge in [-0.05, 0) is 23.8 Å². The van der Waals surface area contributed by atoms with E-state index in [1.807, 2.05) is 6.92 Å². The normalized spacial score (nSPS) is 16.2. The van der Waals surface area contributed by atoms with E-state index in [9.17, 15) is 0 Å². The molecule has 1 unspecified atom stereocenters. The Morgan fingerprint density at radius 2 is 2.06 bits per heavy atom. The second-order valence-corrected chi connectivity index (χ2v) is 4.56. The largest absolute Gasteiger partial charge is 0.355 e. The first kappa shape index (κ1) is 10.6. The fraction of sp³-hybridized carbons (Fsp3) is 0.267. The van der Waals surface area contributed by atoms with Crippen molar-refractivity contribution >= 4 is 16.5 Å². The Morgan fingerprint density at radius 3 is 2.88 bits per heavy atom. The smallest absolute Gasteiger partial charge is 0.0800 e. The molecule has 2 nitrogen and oxygen atoms in total. The van der Waals surface area contributed by atoms with Crippen LogP contribution in [0.3, 0.4) is 0 Å². The van der Waals surface area contributed by atoms with Crippen LogP contribution >= 0.6 is 0 Å². The first-order chi connectivity index (χ1) is 8.31. The Hall–Kier alpha value is -1.54. The van der Waals surface area contributed by atoms with Gasteiger partial charge >= 0.3 is 0 Å². The van der Waals surface area contributed by atoms with Crippen molar-refractivity contribution in [2.24, 2.45) is 5.73 Å². The Morgan fingerprint density at radius 1 is 1.24 bits per heavy atom. The Labute approximate surface area is 102 Å². The zero-order valence-electron chi connectivity index (χ0n) is 10.1. The number of nitrogens with two attached hydrogens (primary N) is 1. The van der Waals surface area contributed by atoms with Gasteiger partial charge in [-0.25, -0.2) is 0 Å². The van der Waals surface area contributed by atoms with Crippen LogP contribution in [0.1, 0.15) is 12.5 Å². The minimum Gasteiger partial charge on any atom is -0.355 e. The molecule has 1 atom stereocenters. The summed E-state index contributed by atoms with van der Waals surface area (Å²) in [5.74, 6) is 0. The summed E-state index contributed by atoms with van der Waals surface area (Å²) in [6.45, 7) is 3.04. The van der Waals surface area contributed by atoms with E-state index in [0.29, 0.717) is 0 Å². The van der Waals surface area contributed by atoms with Crippen LogP contribution in [0.15, 0.2) is 36.4 Å². The molecule has 0 fully saturated rings. The van der Waals surface area contributed by atoms with Gasteiger partial charge < -0.3 is 10.6 Å². The van der Waals surface area contributed by atoms with E-state index in [1.54, 1.807) is 0 Å². The highest BCUT2D eigenvalue weighted by Gasteiger charge is 2.24. The van der Waals surface area contributed by atoms with E-state index in [0.717, 1.165) is 13.0 Å². The van der Waals surface area contributed by atoms with Crippen LogP contribution in [-0.2, 0) is 6.42 Å². The van der Waals surface area contributed by atoms with E-state index < -0.39 is 0 Å². The molecule has 0 aromatic heterocycles. The molecule has 2 aromatic rings. The maximum Gasteiger partial charge on any atom is 0.0800 e. The SMILES string of the molecule is C[CH]C(N)N1CCc2ccc3ccccc3c21. The van der Waals surface area contributed by atoms with E-state index in [4.69, 9.17) is 5.73 Å². The highest BCUT2D eigenvalue weighted by atomic mass is 15.2. The fourth-order valence-electron chi connectivity index (χ4n) is 2.67. The number of benzene rings is 2. The highest BCUT2D eigenvalue weighted by Crippen LogP contribution is 2.36. The molecular weight excluding hydrogens is 208 g/mol. The van der Waals surface area contributed by atoms with Crippen LogP contribution in [-0.4, -0.2) is 12.7 Å². The molecular formula is C15H17N2. The number of fused-ring (bicyclic) bond motifs is 3. The van der Waals surface area contributed by atoms with Crippen LogP contribution < -0.4 is 10.6 Å². The van der Waals surface area contributed by atoms with Crippen LogP contribution in [0.4, 0.5) is 5.69 Å². The second kappa shape index (κ2) is 4.04. The molecule has 0 spiro atoms. The lowest BCUT2D eigenvalue weighted by Gasteiger charge is -2.27. The minimum absolute atomic E-state index is 0.0158. The van der Waals surface area contributed by atoms with Gasteiger partial charge in [0.25, 0.3) is 0 Å². The molecule has 0 aliphatic carbocycles. The van der Waals surface area contributed by atoms with Crippen LogP contribution in [0.25, 0.3) is 10.8 Å². The molecule has 2 N–H and O–H groups in total. The quantitative estimate of drug-likeness (QED) is 0.851. The van der Waals surface area contributed by atoms with Crippen LogP contribution in [0.2, 0.25) is 0 Å². The summed E-state index contributed by atoms with van der Waals surface area (Å²) < 4.78 is 0. The molecule has 17 heavy (non-hydrogen) atoms. The topological polar surface area (TPSA) is 29.3 Å². The summed E-state index contributed by atoms with van der Waals surface area (Å²) in [5, 5.41) is 2.61. The molecule has 1 heterocycles. The van der Waals surface area contributed by atoms with Gasteiger partial charge in [0.1, 0.15) is 0 Å². The van der Waals surface area contributed by atoms with Gasteiger partial charge in [0, 0.05) is 17.6 Å². The first-order valence-electron chi connectivity index (χ1n) is 6.13. The van der Waals surface area contributed by atoms with Gasteiger partial charge in [-0.1, -0.05) is 43.3 Å². The molecule has 2 heteroatoms. The number of anilines is 1. The van der Waals surface area contributed by atoms with E-state index in [1.165, 1.54) is 22.0 Å². The Kier molecular flexibility index (Phi) is 2.52. The zero-order chi connectivity index (χ0) is 11.8. The summed E-state index contributed by atoms with van der Waals surface area (Å²) >= 11 is 0. The molecule has 1 aliphatic heterocycles. The predicted molar refractivity (Wildman–Crippen MR) is 72.9 cm³/mol. The third-order valence-corrected chi connectivity index (χ3v) is 3.59. The molecule has 3 rings (SSSR count). The molecule has 0 saturated carbocycles. The van der Waals surface area contributed by atoms with E-state index >= 15 is 0 Å². The summed E-state index contributed by atoms with van der Waals surface area (Å²) in [7, 11) is 0. The standard InChI is InChI=1S/C15H17N2/c1-2-14(16)17-10-9-12-8-7-11-5-3-4-6-13(11)15(12)17/h2-8,14H,9-10,16H2,1H3. The first-order valence-corrected chi connectivity index (χ1v) is 6.13. The van der Waals surface area contributed by atoms with Gasteiger partial charge in [0.05, 0.1) is 6.17 Å². The van der Waals surface area contributed by atoms with E-state index in [-0.39, 0.29) is 6.17 Å². The highest BCUT2D eigenvalue weighted by molar-refractivity contribution is 5.97. The monoisotopic (exact) mass is 225 g/mol. The summed E-state index contributed by atoms with van der Waals surface area (Å²) in [4.78, 5) is 2.30. The Balaban J connectivity index is 2.20. The van der Waals surface area contributed by atoms with Crippen molar-refractivity contribution in [3.63, 3.8) is 0 Å². The molecule has 1 aliphatic rings. The molecule has 87 valence electrons. The van der Waals surface area contributed by atoms with Gasteiger partial charge in [-0.3, -0.25) is 0 Å². The molecule has 2 aromatic carbocycles. The van der Waals surface area contributed by atoms with Gasteiger partial charge in [0.15, 0.2) is 0 Å². The fourth-order valence-corrected chi connectivity index (χ4v) is 2.67. The van der Waals surface area contributed by atoms with Gasteiger partial charge in [-0.15, -0.1) is 0 Å². The molecule has 0 saturated heterocycles. The van der Waals surface area contributed by atoms with Crippen molar-refractivity contribution in [2.45, 2.75) is 19.5 Å². The van der Waals surface area contributed by atoms with Crippen molar-refractivity contribution in [3.05, 3.63) is 48.4 Å². The van der Waals surface area contributed by atoms with Crippen molar-refractivity contribution < 1.29 is 0 Å². The van der Waals surface area contributed by atoms with Crippen LogP contribution in [0.5, 0.6) is 0 Å². The second-order valence-electron chi connectivity index (χ2n) is 4.56.